The van der Waals surface area contributed by atoms with Crippen LogP contribution in [0.25, 0.3) is 0 Å². The first-order chi connectivity index (χ1) is 6.97. The molecule has 1 fully saturated rings. The molecule has 0 radical (unpaired) electrons. The minimum atomic E-state index is -4.33. The van der Waals surface area contributed by atoms with E-state index in [2.05, 4.69) is 5.32 Å². The minimum absolute atomic E-state index is 0.150. The van der Waals surface area contributed by atoms with Crippen molar-refractivity contribution in [3.63, 3.8) is 0 Å². The molecule has 1 aromatic carbocycles. The minimum Gasteiger partial charge on any atom is -0.397 e. The number of halogens is 3. The molecule has 1 saturated carbocycles. The summed E-state index contributed by atoms with van der Waals surface area (Å²) in [5, 5.41) is 3.07. The molecule has 3 N–H and O–H groups in total. The molecule has 0 aliphatic heterocycles. The number of nitrogens with two attached hydrogens (primary N) is 1. The average molecular weight is 216 g/mol. The quantitative estimate of drug-likeness (QED) is 0.746. The molecule has 0 atom stereocenters. The van der Waals surface area contributed by atoms with Crippen LogP contribution in [0, 0.1) is 0 Å². The third-order valence-electron chi connectivity index (χ3n) is 2.32. The highest BCUT2D eigenvalue weighted by molar-refractivity contribution is 5.67. The highest BCUT2D eigenvalue weighted by atomic mass is 19.4. The summed E-state index contributed by atoms with van der Waals surface area (Å²) in [7, 11) is 0. The molecule has 2 rings (SSSR count). The van der Waals surface area contributed by atoms with Crippen LogP contribution < -0.4 is 11.1 Å². The monoisotopic (exact) mass is 216 g/mol. The topological polar surface area (TPSA) is 38.0 Å². The predicted octanol–water partition coefficient (Wildman–Crippen LogP) is 2.86. The molecule has 0 bridgehead atoms. The summed E-state index contributed by atoms with van der Waals surface area (Å²) in [5.41, 5.74) is 5.56. The third kappa shape index (κ3) is 2.34. The summed E-state index contributed by atoms with van der Waals surface area (Å²) in [6.07, 6.45) is -2.22. The zero-order chi connectivity index (χ0) is 11.1. The Kier molecular flexibility index (Phi) is 2.25. The Hall–Kier alpha value is -1.39. The standard InChI is InChI=1S/C10H11F3N2/c11-10(12,13)6-1-4-9(8(14)5-6)15-7-2-3-7/h1,4-5,7,15H,2-3,14H2. The van der Waals surface area contributed by atoms with Gasteiger partial charge in [0.25, 0.3) is 0 Å². The van der Waals surface area contributed by atoms with Crippen molar-refractivity contribution >= 4 is 11.4 Å². The molecule has 82 valence electrons. The Labute approximate surface area is 85.3 Å². The van der Waals surface area contributed by atoms with E-state index in [4.69, 9.17) is 5.73 Å². The lowest BCUT2D eigenvalue weighted by Gasteiger charge is -2.11. The third-order valence-corrected chi connectivity index (χ3v) is 2.32. The number of hydrogen-bond acceptors (Lipinski definition) is 2. The first kappa shape index (κ1) is 10.1. The zero-order valence-electron chi connectivity index (χ0n) is 7.93. The van der Waals surface area contributed by atoms with Gasteiger partial charge in [0.1, 0.15) is 0 Å². The van der Waals surface area contributed by atoms with Gasteiger partial charge in [0.2, 0.25) is 0 Å². The van der Waals surface area contributed by atoms with Crippen LogP contribution in [0.5, 0.6) is 0 Å². The number of nitrogens with one attached hydrogen (secondary N) is 1. The van der Waals surface area contributed by atoms with Crippen LogP contribution in [-0.4, -0.2) is 6.04 Å². The first-order valence-electron chi connectivity index (χ1n) is 4.70. The zero-order valence-corrected chi connectivity index (χ0v) is 7.93. The maximum absolute atomic E-state index is 12.3. The summed E-state index contributed by atoms with van der Waals surface area (Å²) >= 11 is 0. The fourth-order valence-corrected chi connectivity index (χ4v) is 1.32. The number of nitrogen functional groups attached to an aromatic ring is 1. The number of hydrogen-bond donors (Lipinski definition) is 2. The van der Waals surface area contributed by atoms with Crippen LogP contribution in [0.15, 0.2) is 18.2 Å². The van der Waals surface area contributed by atoms with Crippen LogP contribution in [-0.2, 0) is 6.18 Å². The molecular weight excluding hydrogens is 205 g/mol. The molecule has 1 aromatic rings. The highest BCUT2D eigenvalue weighted by Gasteiger charge is 2.31. The number of benzene rings is 1. The Morgan fingerprint density at radius 3 is 2.40 bits per heavy atom. The van der Waals surface area contributed by atoms with Crippen LogP contribution in [0.4, 0.5) is 24.5 Å². The van der Waals surface area contributed by atoms with E-state index in [0.29, 0.717) is 11.7 Å². The van der Waals surface area contributed by atoms with E-state index in [-0.39, 0.29) is 5.69 Å². The van der Waals surface area contributed by atoms with Gasteiger partial charge in [0, 0.05) is 6.04 Å². The Bertz CT molecular complexity index is 369. The molecule has 0 saturated heterocycles. The molecule has 0 unspecified atom stereocenters. The normalized spacial score (nSPS) is 16.5. The van der Waals surface area contributed by atoms with Crippen molar-refractivity contribution in [2.75, 3.05) is 11.1 Å². The van der Waals surface area contributed by atoms with Crippen molar-refractivity contribution in [1.82, 2.24) is 0 Å². The van der Waals surface area contributed by atoms with E-state index in [0.717, 1.165) is 25.0 Å². The fourth-order valence-electron chi connectivity index (χ4n) is 1.32. The number of alkyl halides is 3. The van der Waals surface area contributed by atoms with Gasteiger partial charge in [-0.25, -0.2) is 0 Å². The summed E-state index contributed by atoms with van der Waals surface area (Å²) < 4.78 is 36.9. The molecule has 15 heavy (non-hydrogen) atoms. The van der Waals surface area contributed by atoms with Crippen molar-refractivity contribution in [2.24, 2.45) is 0 Å². The van der Waals surface area contributed by atoms with E-state index >= 15 is 0 Å². The number of rotatable bonds is 2. The van der Waals surface area contributed by atoms with Crippen LogP contribution in [0.3, 0.4) is 0 Å². The second-order valence-electron chi connectivity index (χ2n) is 3.72. The fraction of sp³-hybridized carbons (Fsp3) is 0.400. The van der Waals surface area contributed by atoms with E-state index < -0.39 is 11.7 Å². The van der Waals surface area contributed by atoms with Crippen LogP contribution in [0.2, 0.25) is 0 Å². The van der Waals surface area contributed by atoms with Crippen molar-refractivity contribution in [1.29, 1.82) is 0 Å². The van der Waals surface area contributed by atoms with Crippen molar-refractivity contribution < 1.29 is 13.2 Å². The van der Waals surface area contributed by atoms with E-state index in [1.54, 1.807) is 0 Å². The van der Waals surface area contributed by atoms with Crippen LogP contribution in [0.1, 0.15) is 18.4 Å². The smallest absolute Gasteiger partial charge is 0.397 e. The molecule has 1 aliphatic carbocycles. The molecule has 0 heterocycles. The van der Waals surface area contributed by atoms with E-state index in [1.807, 2.05) is 0 Å². The molecule has 1 aliphatic rings. The van der Waals surface area contributed by atoms with Gasteiger partial charge in [0.05, 0.1) is 16.9 Å². The second kappa shape index (κ2) is 3.32. The average Bonchev–Trinajstić information content (AvgIpc) is 2.90. The highest BCUT2D eigenvalue weighted by Crippen LogP contribution is 2.34. The maximum atomic E-state index is 12.3. The van der Waals surface area contributed by atoms with Gasteiger partial charge in [-0.2, -0.15) is 13.2 Å². The van der Waals surface area contributed by atoms with Gasteiger partial charge in [-0.1, -0.05) is 0 Å². The van der Waals surface area contributed by atoms with Gasteiger partial charge in [-0.3, -0.25) is 0 Å². The van der Waals surface area contributed by atoms with E-state index in [1.165, 1.54) is 6.07 Å². The van der Waals surface area contributed by atoms with Gasteiger partial charge < -0.3 is 11.1 Å². The van der Waals surface area contributed by atoms with Gasteiger partial charge in [-0.15, -0.1) is 0 Å². The second-order valence-corrected chi connectivity index (χ2v) is 3.72. The predicted molar refractivity (Wildman–Crippen MR) is 52.5 cm³/mol. The molecule has 0 aromatic heterocycles. The van der Waals surface area contributed by atoms with Crippen molar-refractivity contribution in [2.45, 2.75) is 25.1 Å². The SMILES string of the molecule is Nc1cc(C(F)(F)F)ccc1NC1CC1. The summed E-state index contributed by atoms with van der Waals surface area (Å²) in [6.45, 7) is 0. The summed E-state index contributed by atoms with van der Waals surface area (Å²) in [4.78, 5) is 0. The molecule has 5 heteroatoms. The lowest BCUT2D eigenvalue weighted by Crippen LogP contribution is -2.08. The number of anilines is 2. The largest absolute Gasteiger partial charge is 0.416 e. The van der Waals surface area contributed by atoms with Gasteiger partial charge in [0.15, 0.2) is 0 Å². The molecular formula is C10H11F3N2. The Morgan fingerprint density at radius 1 is 1.27 bits per heavy atom. The summed E-state index contributed by atoms with van der Waals surface area (Å²) in [6, 6.07) is 3.77. The molecule has 0 amide bonds. The first-order valence-corrected chi connectivity index (χ1v) is 4.70. The van der Waals surface area contributed by atoms with E-state index in [9.17, 15) is 13.2 Å². The van der Waals surface area contributed by atoms with Crippen LogP contribution >= 0.6 is 0 Å². The lowest BCUT2D eigenvalue weighted by molar-refractivity contribution is -0.137. The Morgan fingerprint density at radius 2 is 1.93 bits per heavy atom. The Balaban J connectivity index is 2.21. The van der Waals surface area contributed by atoms with Crippen molar-refractivity contribution in [3.05, 3.63) is 23.8 Å². The summed E-state index contributed by atoms with van der Waals surface area (Å²) in [5.74, 6) is 0. The van der Waals surface area contributed by atoms with Gasteiger partial charge in [-0.05, 0) is 31.0 Å². The molecule has 0 spiro atoms. The maximum Gasteiger partial charge on any atom is 0.416 e. The lowest BCUT2D eigenvalue weighted by atomic mass is 10.1. The van der Waals surface area contributed by atoms with Crippen molar-refractivity contribution in [3.8, 4) is 0 Å². The van der Waals surface area contributed by atoms with Gasteiger partial charge >= 0.3 is 6.18 Å². The molecule has 2 nitrogen and oxygen atoms in total.